The van der Waals surface area contributed by atoms with Gasteiger partial charge < -0.3 is 9.64 Å². The third-order valence-electron chi connectivity index (χ3n) is 3.11. The van der Waals surface area contributed by atoms with Crippen molar-refractivity contribution in [3.05, 3.63) is 28.0 Å². The molecule has 2 rings (SSSR count). The molecule has 1 saturated heterocycles. The largest absolute Gasteiger partial charge is 0.376 e. The Morgan fingerprint density at radius 2 is 2.26 bits per heavy atom. The van der Waals surface area contributed by atoms with Crippen LogP contribution in [-0.4, -0.2) is 42.1 Å². The number of aromatic nitrogens is 1. The normalized spacial score (nSPS) is 19.2. The minimum Gasteiger partial charge on any atom is -0.376 e. The van der Waals surface area contributed by atoms with Gasteiger partial charge in [-0.2, -0.15) is 0 Å². The first kappa shape index (κ1) is 14.6. The van der Waals surface area contributed by atoms with E-state index in [1.807, 2.05) is 0 Å². The Morgan fingerprint density at radius 3 is 2.95 bits per heavy atom. The molecule has 1 aliphatic rings. The summed E-state index contributed by atoms with van der Waals surface area (Å²) >= 11 is 11.8. The first-order valence-electron chi connectivity index (χ1n) is 6.27. The van der Waals surface area contributed by atoms with Gasteiger partial charge in [0.1, 0.15) is 10.8 Å². The summed E-state index contributed by atoms with van der Waals surface area (Å²) < 4.78 is 5.62. The molecule has 104 valence electrons. The second kappa shape index (κ2) is 6.55. The van der Waals surface area contributed by atoms with Gasteiger partial charge in [-0.15, -0.1) is 0 Å². The van der Waals surface area contributed by atoms with Crippen molar-refractivity contribution in [2.75, 3.05) is 20.2 Å². The molecular formula is C13H16Cl2N2O2. The average Bonchev–Trinajstić information content (AvgIpc) is 2.42. The van der Waals surface area contributed by atoms with E-state index < -0.39 is 0 Å². The van der Waals surface area contributed by atoms with Crippen LogP contribution >= 0.6 is 23.2 Å². The molecule has 1 atom stereocenters. The van der Waals surface area contributed by atoms with Crippen LogP contribution in [0.3, 0.4) is 0 Å². The number of halogens is 2. The highest BCUT2D eigenvalue weighted by Gasteiger charge is 2.22. The summed E-state index contributed by atoms with van der Waals surface area (Å²) in [4.78, 5) is 17.8. The third kappa shape index (κ3) is 3.81. The van der Waals surface area contributed by atoms with Gasteiger partial charge in [0, 0.05) is 20.2 Å². The van der Waals surface area contributed by atoms with E-state index in [-0.39, 0.29) is 22.9 Å². The Morgan fingerprint density at radius 1 is 1.47 bits per heavy atom. The molecule has 0 N–H and O–H groups in total. The molecule has 0 bridgehead atoms. The molecule has 1 aliphatic heterocycles. The second-order valence-corrected chi connectivity index (χ2v) is 5.43. The summed E-state index contributed by atoms with van der Waals surface area (Å²) in [5.74, 6) is -0.235. The lowest BCUT2D eigenvalue weighted by molar-refractivity contribution is -0.000286. The fraction of sp³-hybridized carbons (Fsp3) is 0.538. The summed E-state index contributed by atoms with van der Waals surface area (Å²) in [6, 6.07) is 3.14. The summed E-state index contributed by atoms with van der Waals surface area (Å²) in [6.45, 7) is 1.31. The Labute approximate surface area is 122 Å². The van der Waals surface area contributed by atoms with Crippen molar-refractivity contribution in [1.82, 2.24) is 9.88 Å². The van der Waals surface area contributed by atoms with Crippen LogP contribution in [0.4, 0.5) is 0 Å². The number of nitrogens with zero attached hydrogens (tertiary/aromatic N) is 2. The average molecular weight is 303 g/mol. The first-order chi connectivity index (χ1) is 9.08. The summed E-state index contributed by atoms with van der Waals surface area (Å²) in [5, 5.41) is 0.570. The maximum Gasteiger partial charge on any atom is 0.273 e. The van der Waals surface area contributed by atoms with Gasteiger partial charge in [0.2, 0.25) is 0 Å². The molecule has 4 nitrogen and oxygen atoms in total. The van der Waals surface area contributed by atoms with E-state index in [1.165, 1.54) is 0 Å². The van der Waals surface area contributed by atoms with Crippen molar-refractivity contribution in [3.8, 4) is 0 Å². The fourth-order valence-electron chi connectivity index (χ4n) is 2.09. The molecule has 1 aromatic heterocycles. The molecule has 0 aromatic carbocycles. The number of rotatable bonds is 3. The number of hydrogen-bond acceptors (Lipinski definition) is 3. The van der Waals surface area contributed by atoms with Crippen LogP contribution in [0, 0.1) is 0 Å². The van der Waals surface area contributed by atoms with Crippen LogP contribution in [-0.2, 0) is 4.74 Å². The topological polar surface area (TPSA) is 42.4 Å². The number of amides is 1. The summed E-state index contributed by atoms with van der Waals surface area (Å²) in [5.41, 5.74) is 0.187. The minimum atomic E-state index is -0.235. The molecule has 1 amide bonds. The molecule has 2 heterocycles. The van der Waals surface area contributed by atoms with Gasteiger partial charge >= 0.3 is 0 Å². The van der Waals surface area contributed by atoms with E-state index in [0.29, 0.717) is 11.6 Å². The van der Waals surface area contributed by atoms with E-state index in [0.717, 1.165) is 25.9 Å². The van der Waals surface area contributed by atoms with Gasteiger partial charge in [0.05, 0.1) is 11.1 Å². The maximum atomic E-state index is 12.3. The number of hydrogen-bond donors (Lipinski definition) is 0. The number of carbonyl (C=O) groups is 1. The fourth-order valence-corrected chi connectivity index (χ4v) is 2.42. The molecule has 0 saturated carbocycles. The molecule has 19 heavy (non-hydrogen) atoms. The number of carbonyl (C=O) groups excluding carboxylic acids is 1. The van der Waals surface area contributed by atoms with Gasteiger partial charge in [-0.05, 0) is 31.4 Å². The van der Waals surface area contributed by atoms with E-state index in [9.17, 15) is 4.79 Å². The van der Waals surface area contributed by atoms with Crippen molar-refractivity contribution < 1.29 is 9.53 Å². The van der Waals surface area contributed by atoms with E-state index in [4.69, 9.17) is 27.9 Å². The van der Waals surface area contributed by atoms with Crippen LogP contribution in [0.25, 0.3) is 0 Å². The van der Waals surface area contributed by atoms with Crippen molar-refractivity contribution in [2.24, 2.45) is 0 Å². The van der Waals surface area contributed by atoms with Crippen molar-refractivity contribution in [3.63, 3.8) is 0 Å². The minimum absolute atomic E-state index is 0.0978. The van der Waals surface area contributed by atoms with Gasteiger partial charge in [-0.3, -0.25) is 4.79 Å². The zero-order chi connectivity index (χ0) is 13.8. The molecule has 1 unspecified atom stereocenters. The van der Waals surface area contributed by atoms with Crippen molar-refractivity contribution in [2.45, 2.75) is 25.4 Å². The molecule has 6 heteroatoms. The highest BCUT2D eigenvalue weighted by Crippen LogP contribution is 2.19. The predicted molar refractivity (Wildman–Crippen MR) is 74.8 cm³/mol. The smallest absolute Gasteiger partial charge is 0.273 e. The zero-order valence-electron chi connectivity index (χ0n) is 10.7. The first-order valence-corrected chi connectivity index (χ1v) is 7.02. The number of ether oxygens (including phenoxy) is 1. The lowest BCUT2D eigenvalue weighted by Crippen LogP contribution is -2.37. The number of likely N-dealkylation sites (N-methyl/N-ethyl adjacent to an activating group) is 1. The monoisotopic (exact) mass is 302 g/mol. The van der Waals surface area contributed by atoms with E-state index >= 15 is 0 Å². The molecule has 1 aromatic rings. The van der Waals surface area contributed by atoms with E-state index in [1.54, 1.807) is 24.1 Å². The lowest BCUT2D eigenvalue weighted by atomic mass is 10.1. The van der Waals surface area contributed by atoms with Crippen LogP contribution in [0.5, 0.6) is 0 Å². The van der Waals surface area contributed by atoms with Crippen molar-refractivity contribution >= 4 is 29.1 Å². The van der Waals surface area contributed by atoms with Crippen LogP contribution < -0.4 is 0 Å². The predicted octanol–water partition coefficient (Wildman–Crippen LogP) is 3.03. The Bertz CT molecular complexity index is 462. The highest BCUT2D eigenvalue weighted by molar-refractivity contribution is 6.34. The molecule has 0 spiro atoms. The van der Waals surface area contributed by atoms with E-state index in [2.05, 4.69) is 4.98 Å². The van der Waals surface area contributed by atoms with Crippen molar-refractivity contribution in [1.29, 1.82) is 0 Å². The molecule has 0 aliphatic carbocycles. The number of pyridine rings is 1. The Kier molecular flexibility index (Phi) is 5.02. The Hall–Kier alpha value is -0.840. The zero-order valence-corrected chi connectivity index (χ0v) is 12.2. The molecular weight excluding hydrogens is 287 g/mol. The third-order valence-corrected chi connectivity index (χ3v) is 3.63. The lowest BCUT2D eigenvalue weighted by Gasteiger charge is -2.27. The quantitative estimate of drug-likeness (QED) is 0.806. The standard InChI is InChI=1S/C13H16Cl2N2O2/c1-17(8-9-4-2-3-7-19-9)13(18)12-10(14)5-6-11(15)16-12/h5-6,9H,2-4,7-8H2,1H3. The van der Waals surface area contributed by atoms with Crippen LogP contribution in [0.2, 0.25) is 10.2 Å². The van der Waals surface area contributed by atoms with Gasteiger partial charge in [0.25, 0.3) is 5.91 Å². The van der Waals surface area contributed by atoms with Crippen LogP contribution in [0.1, 0.15) is 29.8 Å². The Balaban J connectivity index is 2.03. The maximum absolute atomic E-state index is 12.3. The van der Waals surface area contributed by atoms with Gasteiger partial charge in [0.15, 0.2) is 0 Å². The summed E-state index contributed by atoms with van der Waals surface area (Å²) in [7, 11) is 1.72. The highest BCUT2D eigenvalue weighted by atomic mass is 35.5. The summed E-state index contributed by atoms with van der Waals surface area (Å²) in [6.07, 6.45) is 3.31. The molecule has 0 radical (unpaired) electrons. The molecule has 1 fully saturated rings. The van der Waals surface area contributed by atoms with Crippen LogP contribution in [0.15, 0.2) is 12.1 Å². The van der Waals surface area contributed by atoms with Gasteiger partial charge in [-0.25, -0.2) is 4.98 Å². The SMILES string of the molecule is CN(CC1CCCCO1)C(=O)c1nc(Cl)ccc1Cl. The second-order valence-electron chi connectivity index (χ2n) is 4.64. The van der Waals surface area contributed by atoms with Gasteiger partial charge in [-0.1, -0.05) is 23.2 Å².